The van der Waals surface area contributed by atoms with Crippen LogP contribution in [-0.4, -0.2) is 35.2 Å². The maximum absolute atomic E-state index is 12.5. The van der Waals surface area contributed by atoms with Crippen LogP contribution < -0.4 is 5.32 Å². The van der Waals surface area contributed by atoms with E-state index in [9.17, 15) is 4.79 Å². The van der Waals surface area contributed by atoms with Crippen LogP contribution >= 0.6 is 0 Å². The van der Waals surface area contributed by atoms with Gasteiger partial charge < -0.3 is 15.3 Å². The average molecular weight is 290 g/mol. The third-order valence-electron chi connectivity index (χ3n) is 4.06. The predicted molar refractivity (Wildman–Crippen MR) is 84.1 cm³/mol. The van der Waals surface area contributed by atoms with Crippen molar-refractivity contribution < 1.29 is 9.90 Å². The van der Waals surface area contributed by atoms with Gasteiger partial charge in [-0.25, -0.2) is 4.79 Å². The number of hydrogen-bond acceptors (Lipinski definition) is 2. The Morgan fingerprint density at radius 2 is 2.05 bits per heavy atom. The highest BCUT2D eigenvalue weighted by atomic mass is 16.3. The van der Waals surface area contributed by atoms with Crippen LogP contribution in [0.5, 0.6) is 0 Å². The molecule has 1 unspecified atom stereocenters. The number of aliphatic hydroxyl groups excluding tert-OH is 1. The summed E-state index contributed by atoms with van der Waals surface area (Å²) in [5.41, 5.74) is 2.36. The van der Waals surface area contributed by atoms with E-state index in [2.05, 4.69) is 38.2 Å². The lowest BCUT2D eigenvalue weighted by Crippen LogP contribution is -2.45. The van der Waals surface area contributed by atoms with Gasteiger partial charge in [-0.15, -0.1) is 0 Å². The van der Waals surface area contributed by atoms with Crippen LogP contribution in [0.3, 0.4) is 0 Å². The molecular formula is C17H26N2O2. The highest BCUT2D eigenvalue weighted by Crippen LogP contribution is 2.29. The molecule has 1 saturated carbocycles. The molecule has 0 bridgehead atoms. The molecule has 1 fully saturated rings. The highest BCUT2D eigenvalue weighted by molar-refractivity contribution is 5.75. The summed E-state index contributed by atoms with van der Waals surface area (Å²) < 4.78 is 0. The van der Waals surface area contributed by atoms with Crippen LogP contribution in [0.1, 0.15) is 43.9 Å². The zero-order valence-electron chi connectivity index (χ0n) is 13.2. The van der Waals surface area contributed by atoms with Gasteiger partial charge in [-0.3, -0.25) is 0 Å². The number of carbonyl (C=O) groups excluding carboxylic acids is 1. The van der Waals surface area contributed by atoms with Gasteiger partial charge in [-0.1, -0.05) is 38.1 Å². The number of aryl methyl sites for hydroxylation is 1. The number of nitrogens with one attached hydrogen (secondary N) is 1. The van der Waals surface area contributed by atoms with Crippen LogP contribution in [0.15, 0.2) is 24.3 Å². The van der Waals surface area contributed by atoms with E-state index in [0.29, 0.717) is 18.5 Å². The quantitative estimate of drug-likeness (QED) is 0.846. The summed E-state index contributed by atoms with van der Waals surface area (Å²) >= 11 is 0. The van der Waals surface area contributed by atoms with Gasteiger partial charge in [-0.05, 0) is 36.8 Å². The minimum absolute atomic E-state index is 0.00126. The van der Waals surface area contributed by atoms with Crippen LogP contribution in [0.2, 0.25) is 0 Å². The molecule has 2 N–H and O–H groups in total. The van der Waals surface area contributed by atoms with Crippen LogP contribution in [0, 0.1) is 12.8 Å². The van der Waals surface area contributed by atoms with Gasteiger partial charge in [0.25, 0.3) is 0 Å². The Bertz CT molecular complexity index is 483. The normalized spacial score (nSPS) is 15.9. The molecule has 1 aromatic carbocycles. The maximum atomic E-state index is 12.5. The van der Waals surface area contributed by atoms with Gasteiger partial charge in [-0.2, -0.15) is 0 Å². The van der Waals surface area contributed by atoms with Gasteiger partial charge in [0.05, 0.1) is 12.6 Å². The van der Waals surface area contributed by atoms with E-state index in [0.717, 1.165) is 12.8 Å². The van der Waals surface area contributed by atoms with E-state index >= 15 is 0 Å². The van der Waals surface area contributed by atoms with Crippen molar-refractivity contribution in [2.24, 2.45) is 5.92 Å². The molecular weight excluding hydrogens is 264 g/mol. The molecule has 0 radical (unpaired) electrons. The Morgan fingerprint density at radius 3 is 2.57 bits per heavy atom. The molecule has 0 spiro atoms. The van der Waals surface area contributed by atoms with Crippen molar-refractivity contribution in [2.45, 2.75) is 45.7 Å². The van der Waals surface area contributed by atoms with Crippen molar-refractivity contribution in [2.75, 3.05) is 13.2 Å². The molecule has 4 heteroatoms. The summed E-state index contributed by atoms with van der Waals surface area (Å²) in [5, 5.41) is 12.3. The average Bonchev–Trinajstić information content (AvgIpc) is 3.27. The van der Waals surface area contributed by atoms with Crippen LogP contribution in [0.25, 0.3) is 0 Å². The lowest BCUT2D eigenvalue weighted by Gasteiger charge is -2.29. The van der Waals surface area contributed by atoms with E-state index in [-0.39, 0.29) is 18.7 Å². The highest BCUT2D eigenvalue weighted by Gasteiger charge is 2.33. The molecule has 21 heavy (non-hydrogen) atoms. The minimum Gasteiger partial charge on any atom is -0.395 e. The Hall–Kier alpha value is -1.55. The largest absolute Gasteiger partial charge is 0.395 e. The summed E-state index contributed by atoms with van der Waals surface area (Å²) in [7, 11) is 0. The van der Waals surface area contributed by atoms with Gasteiger partial charge in [0, 0.05) is 12.6 Å². The Morgan fingerprint density at radius 1 is 1.38 bits per heavy atom. The van der Waals surface area contributed by atoms with E-state index in [1.165, 1.54) is 11.1 Å². The SMILES string of the molecule is Cc1ccccc1C(NC(=O)N(CCO)C1CC1)C(C)C. The number of rotatable bonds is 6. The Labute approximate surface area is 127 Å². The number of benzene rings is 1. The molecule has 2 amide bonds. The smallest absolute Gasteiger partial charge is 0.318 e. The first kappa shape index (κ1) is 15.8. The second-order valence-electron chi connectivity index (χ2n) is 6.18. The standard InChI is InChI=1S/C17H26N2O2/c1-12(2)16(15-7-5-4-6-13(15)3)18-17(21)19(10-11-20)14-8-9-14/h4-7,12,14,16,20H,8-11H2,1-3H3,(H,18,21). The maximum Gasteiger partial charge on any atom is 0.318 e. The van der Waals surface area contributed by atoms with Crippen molar-refractivity contribution in [3.63, 3.8) is 0 Å². The molecule has 1 aromatic rings. The second-order valence-corrected chi connectivity index (χ2v) is 6.18. The molecule has 1 atom stereocenters. The fourth-order valence-electron chi connectivity index (χ4n) is 2.70. The minimum atomic E-state index is -0.0616. The lowest BCUT2D eigenvalue weighted by atomic mass is 9.93. The molecule has 0 aliphatic heterocycles. The topological polar surface area (TPSA) is 52.6 Å². The number of carbonyl (C=O) groups is 1. The van der Waals surface area contributed by atoms with Gasteiger partial charge >= 0.3 is 6.03 Å². The molecule has 0 saturated heterocycles. The van der Waals surface area contributed by atoms with E-state index in [4.69, 9.17) is 5.11 Å². The summed E-state index contributed by atoms with van der Waals surface area (Å²) in [4.78, 5) is 14.3. The first-order valence-electron chi connectivity index (χ1n) is 7.78. The molecule has 1 aliphatic carbocycles. The van der Waals surface area contributed by atoms with Gasteiger partial charge in [0.15, 0.2) is 0 Å². The predicted octanol–water partition coefficient (Wildman–Crippen LogP) is 2.86. The summed E-state index contributed by atoms with van der Waals surface area (Å²) in [6, 6.07) is 8.42. The van der Waals surface area contributed by atoms with Crippen molar-refractivity contribution in [1.29, 1.82) is 0 Å². The van der Waals surface area contributed by atoms with Gasteiger partial charge in [0.1, 0.15) is 0 Å². The Balaban J connectivity index is 2.12. The Kier molecular flexibility index (Phi) is 5.23. The molecule has 1 aliphatic rings. The monoisotopic (exact) mass is 290 g/mol. The fraction of sp³-hybridized carbons (Fsp3) is 0.588. The van der Waals surface area contributed by atoms with Crippen molar-refractivity contribution in [3.8, 4) is 0 Å². The number of nitrogens with zero attached hydrogens (tertiary/aromatic N) is 1. The summed E-state index contributed by atoms with van der Waals surface area (Å²) in [5.74, 6) is 0.310. The van der Waals surface area contributed by atoms with E-state index in [1.807, 2.05) is 12.1 Å². The van der Waals surface area contributed by atoms with Crippen LogP contribution in [-0.2, 0) is 0 Å². The molecule has 0 heterocycles. The molecule has 2 rings (SSSR count). The molecule has 0 aromatic heterocycles. The van der Waals surface area contributed by atoms with Crippen LogP contribution in [0.4, 0.5) is 4.79 Å². The zero-order valence-corrected chi connectivity index (χ0v) is 13.2. The third-order valence-corrected chi connectivity index (χ3v) is 4.06. The second kappa shape index (κ2) is 6.94. The number of amides is 2. The van der Waals surface area contributed by atoms with Crippen molar-refractivity contribution in [1.82, 2.24) is 10.2 Å². The number of aliphatic hydroxyl groups is 1. The van der Waals surface area contributed by atoms with E-state index < -0.39 is 0 Å². The third kappa shape index (κ3) is 3.97. The summed E-state index contributed by atoms with van der Waals surface area (Å²) in [6.45, 7) is 6.73. The number of urea groups is 1. The van der Waals surface area contributed by atoms with Crippen molar-refractivity contribution in [3.05, 3.63) is 35.4 Å². The lowest BCUT2D eigenvalue weighted by molar-refractivity contribution is 0.167. The number of hydrogen-bond donors (Lipinski definition) is 2. The zero-order chi connectivity index (χ0) is 15.4. The molecule has 4 nitrogen and oxygen atoms in total. The summed E-state index contributed by atoms with van der Waals surface area (Å²) in [6.07, 6.45) is 2.09. The van der Waals surface area contributed by atoms with E-state index in [1.54, 1.807) is 4.90 Å². The first-order chi connectivity index (χ1) is 10.0. The van der Waals surface area contributed by atoms with Crippen molar-refractivity contribution >= 4 is 6.03 Å². The fourth-order valence-corrected chi connectivity index (χ4v) is 2.70. The molecule has 116 valence electrons. The van der Waals surface area contributed by atoms with Gasteiger partial charge in [0.2, 0.25) is 0 Å². The first-order valence-corrected chi connectivity index (χ1v) is 7.78.